The molecule has 2 nitrogen and oxygen atoms in total. The third-order valence-electron chi connectivity index (χ3n) is 2.45. The Hall–Kier alpha value is -1.83. The van der Waals surface area contributed by atoms with Crippen LogP contribution in [0.1, 0.15) is 25.8 Å². The summed E-state index contributed by atoms with van der Waals surface area (Å²) in [7, 11) is 0. The second-order valence-electron chi connectivity index (χ2n) is 4.04. The second-order valence-corrected chi connectivity index (χ2v) is 4.04. The van der Waals surface area contributed by atoms with Crippen molar-refractivity contribution < 1.29 is 18.0 Å². The number of carbonyl (C=O) groups is 1. The number of rotatable bonds is 3. The highest BCUT2D eigenvalue weighted by Crippen LogP contribution is 2.32. The van der Waals surface area contributed by atoms with E-state index in [-0.39, 0.29) is 6.42 Å². The molecule has 1 unspecified atom stereocenters. The largest absolute Gasteiger partial charge is 0.300 e. The Bertz CT molecular complexity index is 507. The van der Waals surface area contributed by atoms with Crippen LogP contribution < -0.4 is 0 Å². The molecule has 0 aliphatic rings. The lowest BCUT2D eigenvalue weighted by molar-refractivity contribution is -0.117. The minimum absolute atomic E-state index is 0.374. The SMILES string of the molecule is CC(=O)CC(C)(C#N)c1c(F)ccc(F)c1F. The molecule has 0 radical (unpaired) electrons. The van der Waals surface area contributed by atoms with E-state index in [0.29, 0.717) is 6.07 Å². The van der Waals surface area contributed by atoms with Crippen LogP contribution in [0.3, 0.4) is 0 Å². The summed E-state index contributed by atoms with van der Waals surface area (Å²) in [5, 5.41) is 8.97. The summed E-state index contributed by atoms with van der Waals surface area (Å²) in [6, 6.07) is 3.05. The van der Waals surface area contributed by atoms with Gasteiger partial charge in [-0.3, -0.25) is 4.79 Å². The normalized spacial score (nSPS) is 13.9. The molecule has 0 saturated heterocycles. The molecule has 90 valence electrons. The van der Waals surface area contributed by atoms with Crippen molar-refractivity contribution >= 4 is 5.78 Å². The molecule has 0 saturated carbocycles. The molecule has 5 heteroatoms. The lowest BCUT2D eigenvalue weighted by Crippen LogP contribution is -2.26. The number of nitriles is 1. The molecular weight excluding hydrogens is 231 g/mol. The van der Waals surface area contributed by atoms with Gasteiger partial charge in [-0.2, -0.15) is 5.26 Å². The fraction of sp³-hybridized carbons (Fsp3) is 0.333. The van der Waals surface area contributed by atoms with E-state index in [1.807, 2.05) is 0 Å². The lowest BCUT2D eigenvalue weighted by atomic mass is 9.79. The third-order valence-corrected chi connectivity index (χ3v) is 2.45. The lowest BCUT2D eigenvalue weighted by Gasteiger charge is -2.21. The molecule has 0 aromatic heterocycles. The Balaban J connectivity index is 3.45. The Labute approximate surface area is 96.7 Å². The molecule has 0 bridgehead atoms. The Morgan fingerprint density at radius 3 is 2.35 bits per heavy atom. The maximum Gasteiger partial charge on any atom is 0.166 e. The molecule has 1 aromatic rings. The molecule has 0 N–H and O–H groups in total. The van der Waals surface area contributed by atoms with Crippen LogP contribution in [-0.4, -0.2) is 5.78 Å². The predicted octanol–water partition coefficient (Wildman–Crippen LogP) is 2.86. The number of benzene rings is 1. The first kappa shape index (κ1) is 13.2. The molecule has 1 rings (SSSR count). The summed E-state index contributed by atoms with van der Waals surface area (Å²) < 4.78 is 40.0. The average Bonchev–Trinajstić information content (AvgIpc) is 2.23. The fourth-order valence-corrected chi connectivity index (χ4v) is 1.71. The van der Waals surface area contributed by atoms with Crippen molar-refractivity contribution in [3.63, 3.8) is 0 Å². The summed E-state index contributed by atoms with van der Waals surface area (Å²) in [6.07, 6.45) is -0.374. The summed E-state index contributed by atoms with van der Waals surface area (Å²) in [4.78, 5) is 11.0. The van der Waals surface area contributed by atoms with Crippen LogP contribution in [0, 0.1) is 28.8 Å². The van der Waals surface area contributed by atoms with Crippen LogP contribution in [0.15, 0.2) is 12.1 Å². The molecule has 0 fully saturated rings. The van der Waals surface area contributed by atoms with Crippen molar-refractivity contribution in [1.29, 1.82) is 5.26 Å². The quantitative estimate of drug-likeness (QED) is 0.763. The molecule has 0 aliphatic carbocycles. The standard InChI is InChI=1S/C12H10F3NO/c1-7(17)5-12(2,6-16)10-8(13)3-4-9(14)11(10)15/h3-4H,5H2,1-2H3. The molecule has 1 aromatic carbocycles. The van der Waals surface area contributed by atoms with E-state index in [1.165, 1.54) is 13.8 Å². The van der Waals surface area contributed by atoms with Gasteiger partial charge in [-0.15, -0.1) is 0 Å². The first-order chi connectivity index (χ1) is 7.81. The highest BCUT2D eigenvalue weighted by molar-refractivity contribution is 5.78. The number of nitrogens with zero attached hydrogens (tertiary/aromatic N) is 1. The van der Waals surface area contributed by atoms with Crippen LogP contribution in [0.4, 0.5) is 13.2 Å². The topological polar surface area (TPSA) is 40.9 Å². The van der Waals surface area contributed by atoms with Crippen molar-refractivity contribution in [2.45, 2.75) is 25.7 Å². The molecule has 1 atom stereocenters. The van der Waals surface area contributed by atoms with Crippen LogP contribution in [0.25, 0.3) is 0 Å². The average molecular weight is 241 g/mol. The van der Waals surface area contributed by atoms with E-state index in [0.717, 1.165) is 6.07 Å². The van der Waals surface area contributed by atoms with Gasteiger partial charge in [-0.25, -0.2) is 13.2 Å². The number of ketones is 1. The summed E-state index contributed by atoms with van der Waals surface area (Å²) in [6.45, 7) is 2.40. The number of Topliss-reactive ketones (excluding diaryl/α,β-unsaturated/α-hetero) is 1. The van der Waals surface area contributed by atoms with Gasteiger partial charge in [-0.1, -0.05) is 0 Å². The smallest absolute Gasteiger partial charge is 0.166 e. The van der Waals surface area contributed by atoms with E-state index in [1.54, 1.807) is 6.07 Å². The maximum absolute atomic E-state index is 13.5. The summed E-state index contributed by atoms with van der Waals surface area (Å²) >= 11 is 0. The van der Waals surface area contributed by atoms with Crippen LogP contribution in [-0.2, 0) is 10.2 Å². The number of halogens is 3. The molecular formula is C12H10F3NO. The molecule has 17 heavy (non-hydrogen) atoms. The zero-order valence-corrected chi connectivity index (χ0v) is 9.35. The Kier molecular flexibility index (Phi) is 3.56. The number of carbonyl (C=O) groups excluding carboxylic acids is 1. The minimum Gasteiger partial charge on any atom is -0.300 e. The molecule has 0 aliphatic heterocycles. The van der Waals surface area contributed by atoms with Gasteiger partial charge in [0, 0.05) is 12.0 Å². The van der Waals surface area contributed by atoms with Crippen molar-refractivity contribution in [3.05, 3.63) is 35.1 Å². The fourth-order valence-electron chi connectivity index (χ4n) is 1.71. The van der Waals surface area contributed by atoms with Gasteiger partial charge in [-0.05, 0) is 26.0 Å². The van der Waals surface area contributed by atoms with Gasteiger partial charge >= 0.3 is 0 Å². The van der Waals surface area contributed by atoms with Gasteiger partial charge < -0.3 is 0 Å². The van der Waals surface area contributed by atoms with E-state index >= 15 is 0 Å². The number of hydrogen-bond acceptors (Lipinski definition) is 2. The summed E-state index contributed by atoms with van der Waals surface area (Å²) in [5.74, 6) is -4.10. The van der Waals surface area contributed by atoms with Crippen LogP contribution in [0.5, 0.6) is 0 Å². The highest BCUT2D eigenvalue weighted by atomic mass is 19.2. The maximum atomic E-state index is 13.5. The second kappa shape index (κ2) is 4.58. The highest BCUT2D eigenvalue weighted by Gasteiger charge is 2.35. The van der Waals surface area contributed by atoms with E-state index in [4.69, 9.17) is 5.26 Å². The van der Waals surface area contributed by atoms with Crippen molar-refractivity contribution in [1.82, 2.24) is 0 Å². The summed E-state index contributed by atoms with van der Waals surface area (Å²) in [5.41, 5.74) is -2.41. The molecule has 0 amide bonds. The zero-order valence-electron chi connectivity index (χ0n) is 9.35. The van der Waals surface area contributed by atoms with Gasteiger partial charge in [0.2, 0.25) is 0 Å². The van der Waals surface area contributed by atoms with Gasteiger partial charge in [0.1, 0.15) is 11.6 Å². The van der Waals surface area contributed by atoms with E-state index in [2.05, 4.69) is 0 Å². The van der Waals surface area contributed by atoms with Crippen LogP contribution >= 0.6 is 0 Å². The molecule has 0 heterocycles. The predicted molar refractivity (Wildman–Crippen MR) is 54.6 cm³/mol. The first-order valence-corrected chi connectivity index (χ1v) is 4.86. The minimum atomic E-state index is -1.71. The van der Waals surface area contributed by atoms with Gasteiger partial charge in [0.15, 0.2) is 11.6 Å². The zero-order chi connectivity index (χ0) is 13.2. The Morgan fingerprint density at radius 2 is 1.88 bits per heavy atom. The third kappa shape index (κ3) is 2.47. The van der Waals surface area contributed by atoms with Gasteiger partial charge in [0.25, 0.3) is 0 Å². The van der Waals surface area contributed by atoms with Crippen molar-refractivity contribution in [2.75, 3.05) is 0 Å². The van der Waals surface area contributed by atoms with Crippen molar-refractivity contribution in [2.24, 2.45) is 0 Å². The van der Waals surface area contributed by atoms with E-state index < -0.39 is 34.2 Å². The van der Waals surface area contributed by atoms with Crippen molar-refractivity contribution in [3.8, 4) is 6.07 Å². The van der Waals surface area contributed by atoms with Crippen LogP contribution in [0.2, 0.25) is 0 Å². The first-order valence-electron chi connectivity index (χ1n) is 4.86. The van der Waals surface area contributed by atoms with Gasteiger partial charge in [0.05, 0.1) is 11.5 Å². The Morgan fingerprint density at radius 1 is 1.35 bits per heavy atom. The molecule has 0 spiro atoms. The van der Waals surface area contributed by atoms with E-state index in [9.17, 15) is 18.0 Å². The monoisotopic (exact) mass is 241 g/mol. The number of hydrogen-bond donors (Lipinski definition) is 0.